The molecule has 0 unspecified atom stereocenters. The molecular formula is C36H45N3O5. The standard InChI is InChI=1S/C36H45N3O5/c1-25-21-39(26(2)24-40)36(42)32-20-29(37-35(41)28-10-6-4-7-11-28)16-19-33(32)44-34(25)23-38(3)22-27-14-17-31(18-15-27)43-30-12-8-5-9-13-30/h5,8-9,12-20,25-26,28,34,40H,4,6-7,10-11,21-24H2,1-3H3,(H,37,41)/t25-,26-,34+/m0/s1. The van der Waals surface area contributed by atoms with Gasteiger partial charge < -0.3 is 24.8 Å². The highest BCUT2D eigenvalue weighted by Gasteiger charge is 2.34. The van der Waals surface area contributed by atoms with Crippen LogP contribution in [0.25, 0.3) is 0 Å². The minimum atomic E-state index is -0.355. The number of hydrogen-bond acceptors (Lipinski definition) is 6. The Kier molecular flexibility index (Phi) is 10.6. The fourth-order valence-electron chi connectivity index (χ4n) is 6.10. The van der Waals surface area contributed by atoms with Crippen LogP contribution in [0.15, 0.2) is 72.8 Å². The average Bonchev–Trinajstić information content (AvgIpc) is 3.04. The van der Waals surface area contributed by atoms with E-state index in [9.17, 15) is 14.7 Å². The summed E-state index contributed by atoms with van der Waals surface area (Å²) in [4.78, 5) is 30.7. The van der Waals surface area contributed by atoms with Gasteiger partial charge in [-0.05, 0) is 74.8 Å². The summed E-state index contributed by atoms with van der Waals surface area (Å²) in [6.45, 7) is 5.60. The zero-order valence-electron chi connectivity index (χ0n) is 26.1. The highest BCUT2D eigenvalue weighted by Crippen LogP contribution is 2.32. The number of anilines is 1. The minimum absolute atomic E-state index is 0.0101. The Morgan fingerprint density at radius 2 is 1.75 bits per heavy atom. The molecule has 3 aromatic rings. The van der Waals surface area contributed by atoms with Crippen molar-refractivity contribution < 1.29 is 24.2 Å². The SMILES string of the molecule is C[C@H]1CN([C@@H](C)CO)C(=O)c2cc(NC(=O)C3CCCCC3)ccc2O[C@@H]1CN(C)Cc1ccc(Oc2ccccc2)cc1. The van der Waals surface area contributed by atoms with Crippen LogP contribution < -0.4 is 14.8 Å². The molecule has 0 saturated heterocycles. The molecule has 2 N–H and O–H groups in total. The molecule has 0 aromatic heterocycles. The van der Waals surface area contributed by atoms with Gasteiger partial charge in [0.15, 0.2) is 0 Å². The van der Waals surface area contributed by atoms with Gasteiger partial charge in [0.2, 0.25) is 5.91 Å². The Morgan fingerprint density at radius 1 is 1.05 bits per heavy atom. The molecule has 2 amide bonds. The van der Waals surface area contributed by atoms with Crippen LogP contribution in [0.2, 0.25) is 0 Å². The van der Waals surface area contributed by atoms with E-state index < -0.39 is 0 Å². The summed E-state index contributed by atoms with van der Waals surface area (Å²) < 4.78 is 12.5. The van der Waals surface area contributed by atoms with Crippen LogP contribution in [-0.4, -0.2) is 65.6 Å². The number of amides is 2. The molecule has 0 bridgehead atoms. The van der Waals surface area contributed by atoms with Crippen molar-refractivity contribution in [1.29, 1.82) is 0 Å². The molecule has 3 aromatic carbocycles. The fraction of sp³-hybridized carbons (Fsp3) is 0.444. The number of carbonyl (C=O) groups is 2. The predicted octanol–water partition coefficient (Wildman–Crippen LogP) is 6.35. The molecule has 1 fully saturated rings. The molecule has 5 rings (SSSR count). The summed E-state index contributed by atoms with van der Waals surface area (Å²) in [5.41, 5.74) is 2.14. The molecule has 1 aliphatic heterocycles. The average molecular weight is 600 g/mol. The molecule has 2 aliphatic rings. The van der Waals surface area contributed by atoms with Crippen molar-refractivity contribution in [2.24, 2.45) is 11.8 Å². The maximum Gasteiger partial charge on any atom is 0.258 e. The van der Waals surface area contributed by atoms with Gasteiger partial charge in [-0.1, -0.05) is 56.5 Å². The first-order valence-corrected chi connectivity index (χ1v) is 15.8. The molecule has 0 radical (unpaired) electrons. The van der Waals surface area contributed by atoms with E-state index in [-0.39, 0.29) is 42.4 Å². The van der Waals surface area contributed by atoms with Crippen LogP contribution in [0.5, 0.6) is 17.2 Å². The van der Waals surface area contributed by atoms with Crippen LogP contribution in [-0.2, 0) is 11.3 Å². The number of ether oxygens (including phenoxy) is 2. The van der Waals surface area contributed by atoms with Crippen molar-refractivity contribution in [2.45, 2.75) is 64.6 Å². The first-order chi connectivity index (χ1) is 21.3. The van der Waals surface area contributed by atoms with Crippen LogP contribution in [0, 0.1) is 11.8 Å². The van der Waals surface area contributed by atoms with Gasteiger partial charge in [0, 0.05) is 37.2 Å². The van der Waals surface area contributed by atoms with Crippen LogP contribution in [0.4, 0.5) is 5.69 Å². The van der Waals surface area contributed by atoms with Crippen molar-refractivity contribution in [3.8, 4) is 17.2 Å². The molecule has 1 aliphatic carbocycles. The molecule has 3 atom stereocenters. The number of aliphatic hydroxyl groups is 1. The van der Waals surface area contributed by atoms with Crippen molar-refractivity contribution >= 4 is 17.5 Å². The van der Waals surface area contributed by atoms with Crippen molar-refractivity contribution in [1.82, 2.24) is 9.80 Å². The number of rotatable bonds is 10. The number of carbonyl (C=O) groups excluding carboxylic acids is 2. The number of hydrogen-bond donors (Lipinski definition) is 2. The molecule has 234 valence electrons. The number of likely N-dealkylation sites (N-methyl/N-ethyl adjacent to an activating group) is 1. The van der Waals surface area contributed by atoms with E-state index in [0.29, 0.717) is 36.6 Å². The predicted molar refractivity (Wildman–Crippen MR) is 172 cm³/mol. The molecule has 8 nitrogen and oxygen atoms in total. The molecule has 1 saturated carbocycles. The summed E-state index contributed by atoms with van der Waals surface area (Å²) in [7, 11) is 2.06. The second-order valence-corrected chi connectivity index (χ2v) is 12.4. The molecule has 44 heavy (non-hydrogen) atoms. The number of nitrogens with zero attached hydrogens (tertiary/aromatic N) is 2. The van der Waals surface area contributed by atoms with E-state index in [1.54, 1.807) is 17.0 Å². The Morgan fingerprint density at radius 3 is 2.45 bits per heavy atom. The quantitative estimate of drug-likeness (QED) is 0.282. The van der Waals surface area contributed by atoms with Crippen LogP contribution in [0.3, 0.4) is 0 Å². The Bertz CT molecular complexity index is 1390. The summed E-state index contributed by atoms with van der Waals surface area (Å²) in [6, 6.07) is 22.8. The second-order valence-electron chi connectivity index (χ2n) is 12.4. The van der Waals surface area contributed by atoms with E-state index in [2.05, 4.69) is 36.3 Å². The van der Waals surface area contributed by atoms with Gasteiger partial charge in [-0.25, -0.2) is 0 Å². The number of para-hydroxylation sites is 1. The second kappa shape index (κ2) is 14.7. The van der Waals surface area contributed by atoms with Gasteiger partial charge in [0.1, 0.15) is 23.4 Å². The number of benzene rings is 3. The van der Waals surface area contributed by atoms with Gasteiger partial charge in [-0.3, -0.25) is 14.5 Å². The summed E-state index contributed by atoms with van der Waals surface area (Å²) in [5.74, 6) is 1.91. The first-order valence-electron chi connectivity index (χ1n) is 15.8. The van der Waals surface area contributed by atoms with Gasteiger partial charge in [-0.2, -0.15) is 0 Å². The van der Waals surface area contributed by atoms with Gasteiger partial charge in [0.25, 0.3) is 5.91 Å². The van der Waals surface area contributed by atoms with E-state index in [1.807, 2.05) is 55.5 Å². The first kappa shape index (κ1) is 31.5. The topological polar surface area (TPSA) is 91.3 Å². The normalized spacial score (nSPS) is 19.8. The minimum Gasteiger partial charge on any atom is -0.488 e. The lowest BCUT2D eigenvalue weighted by Crippen LogP contribution is -2.49. The largest absolute Gasteiger partial charge is 0.488 e. The van der Waals surface area contributed by atoms with Gasteiger partial charge in [0.05, 0.1) is 18.2 Å². The summed E-state index contributed by atoms with van der Waals surface area (Å²) in [5, 5.41) is 13.0. The highest BCUT2D eigenvalue weighted by atomic mass is 16.5. The van der Waals surface area contributed by atoms with E-state index in [4.69, 9.17) is 9.47 Å². The van der Waals surface area contributed by atoms with Crippen molar-refractivity contribution in [2.75, 3.05) is 32.1 Å². The third-order valence-corrected chi connectivity index (χ3v) is 8.75. The number of nitrogens with one attached hydrogen (secondary N) is 1. The van der Waals surface area contributed by atoms with E-state index in [0.717, 1.165) is 42.7 Å². The molecule has 1 heterocycles. The monoisotopic (exact) mass is 599 g/mol. The van der Waals surface area contributed by atoms with Crippen molar-refractivity contribution in [3.05, 3.63) is 83.9 Å². The molecular weight excluding hydrogens is 554 g/mol. The lowest BCUT2D eigenvalue weighted by atomic mass is 9.88. The Labute approximate surface area is 261 Å². The smallest absolute Gasteiger partial charge is 0.258 e. The zero-order chi connectivity index (χ0) is 31.1. The maximum absolute atomic E-state index is 13.8. The lowest BCUT2D eigenvalue weighted by Gasteiger charge is -2.38. The number of fused-ring (bicyclic) bond motifs is 1. The third-order valence-electron chi connectivity index (χ3n) is 8.75. The third kappa shape index (κ3) is 7.98. The Balaban J connectivity index is 1.29. The number of aliphatic hydroxyl groups excluding tert-OH is 1. The summed E-state index contributed by atoms with van der Waals surface area (Å²) in [6.07, 6.45) is 4.93. The summed E-state index contributed by atoms with van der Waals surface area (Å²) >= 11 is 0. The lowest BCUT2D eigenvalue weighted by molar-refractivity contribution is -0.120. The highest BCUT2D eigenvalue weighted by molar-refractivity contribution is 6.00. The molecule has 0 spiro atoms. The van der Waals surface area contributed by atoms with Crippen molar-refractivity contribution in [3.63, 3.8) is 0 Å². The molecule has 8 heteroatoms. The van der Waals surface area contributed by atoms with E-state index >= 15 is 0 Å². The van der Waals surface area contributed by atoms with E-state index in [1.165, 1.54) is 6.42 Å². The van der Waals surface area contributed by atoms with Crippen LogP contribution in [0.1, 0.15) is 61.9 Å². The zero-order valence-corrected chi connectivity index (χ0v) is 26.1. The van der Waals surface area contributed by atoms with Gasteiger partial charge in [-0.15, -0.1) is 0 Å². The maximum atomic E-state index is 13.8. The van der Waals surface area contributed by atoms with Gasteiger partial charge >= 0.3 is 0 Å². The van der Waals surface area contributed by atoms with Crippen LogP contribution >= 0.6 is 0 Å². The Hall–Kier alpha value is -3.88. The fourth-order valence-corrected chi connectivity index (χ4v) is 6.10.